The number of alkyl halides is 3. The molecule has 214 valence electrons. The molecule has 2 atom stereocenters. The molecule has 4 rings (SSSR count). The van der Waals surface area contributed by atoms with Crippen LogP contribution >= 0.6 is 0 Å². The van der Waals surface area contributed by atoms with Gasteiger partial charge in [-0.25, -0.2) is 9.97 Å². The molecule has 1 saturated heterocycles. The van der Waals surface area contributed by atoms with Crippen molar-refractivity contribution in [2.75, 3.05) is 29.9 Å². The molecule has 0 unspecified atom stereocenters. The highest BCUT2D eigenvalue weighted by atomic mass is 28.4. The second kappa shape index (κ2) is 11.3. The summed E-state index contributed by atoms with van der Waals surface area (Å²) in [5.41, 5.74) is 2.40. The molecule has 1 aliphatic rings. The molecule has 0 bridgehead atoms. The van der Waals surface area contributed by atoms with E-state index in [4.69, 9.17) is 4.43 Å². The molecular formula is C29H36F3N5O2Si. The summed E-state index contributed by atoms with van der Waals surface area (Å²) in [5, 5.41) is 2.64. The normalized spacial score (nSPS) is 18.2. The Morgan fingerprint density at radius 3 is 2.40 bits per heavy atom. The lowest BCUT2D eigenvalue weighted by atomic mass is 9.86. The van der Waals surface area contributed by atoms with Crippen LogP contribution in [0.1, 0.15) is 53.7 Å². The van der Waals surface area contributed by atoms with Crippen LogP contribution in [0.4, 0.5) is 24.5 Å². The van der Waals surface area contributed by atoms with E-state index in [1.54, 1.807) is 18.5 Å². The summed E-state index contributed by atoms with van der Waals surface area (Å²) in [7, 11) is -2.00. The van der Waals surface area contributed by atoms with Crippen molar-refractivity contribution in [3.05, 3.63) is 77.6 Å². The van der Waals surface area contributed by atoms with Gasteiger partial charge in [-0.2, -0.15) is 13.2 Å². The molecule has 1 aromatic carbocycles. The van der Waals surface area contributed by atoms with Gasteiger partial charge in [-0.1, -0.05) is 26.8 Å². The smallest absolute Gasteiger partial charge is 0.416 e. The van der Waals surface area contributed by atoms with E-state index in [-0.39, 0.29) is 22.6 Å². The van der Waals surface area contributed by atoms with Crippen LogP contribution in [0.15, 0.2) is 55.4 Å². The Morgan fingerprint density at radius 1 is 1.05 bits per heavy atom. The van der Waals surface area contributed by atoms with Gasteiger partial charge in [-0.05, 0) is 54.4 Å². The highest BCUT2D eigenvalue weighted by molar-refractivity contribution is 6.74. The van der Waals surface area contributed by atoms with Crippen molar-refractivity contribution >= 4 is 25.6 Å². The molecule has 0 radical (unpaired) electrons. The number of amides is 1. The standard InChI is InChI=1S/C29H36F3N5O2Si/c1-19-7-8-20(27(38)36-23-10-22(11-33-12-23)29(30,31)32)9-25(19)26-16-37(24-13-34-18-35-14-24)15-21(26)17-39-40(5,6)28(2,3)4/h7-14,18,21,26H,15-17H2,1-6H3,(H,36,38)/t21-,26+/m1/s1. The van der Waals surface area contributed by atoms with Crippen molar-refractivity contribution in [1.29, 1.82) is 0 Å². The third kappa shape index (κ3) is 6.69. The van der Waals surface area contributed by atoms with Gasteiger partial charge in [0.05, 0.1) is 35.5 Å². The average molecular weight is 572 g/mol. The molecule has 0 aliphatic carbocycles. The molecule has 0 spiro atoms. The summed E-state index contributed by atoms with van der Waals surface area (Å²) >= 11 is 0. The number of halogens is 3. The molecule has 3 aromatic rings. The van der Waals surface area contributed by atoms with Crippen LogP contribution in [-0.2, 0) is 10.6 Å². The topological polar surface area (TPSA) is 80.2 Å². The van der Waals surface area contributed by atoms with Crippen molar-refractivity contribution in [2.45, 2.75) is 57.9 Å². The largest absolute Gasteiger partial charge is 0.417 e. The first kappa shape index (κ1) is 29.7. The SMILES string of the molecule is Cc1ccc(C(=O)Nc2cncc(C(F)(F)F)c2)cc1[C@H]1CN(c2cncnc2)C[C@@H]1CO[Si](C)(C)C(C)(C)C. The zero-order valence-corrected chi connectivity index (χ0v) is 24.7. The number of nitrogens with one attached hydrogen (secondary N) is 1. The van der Waals surface area contributed by atoms with Crippen molar-refractivity contribution in [1.82, 2.24) is 15.0 Å². The molecule has 1 amide bonds. The number of carbonyl (C=O) groups is 1. The van der Waals surface area contributed by atoms with E-state index >= 15 is 0 Å². The lowest BCUT2D eigenvalue weighted by Crippen LogP contribution is -2.42. The number of anilines is 2. The summed E-state index contributed by atoms with van der Waals surface area (Å²) < 4.78 is 46.0. The lowest BCUT2D eigenvalue weighted by Gasteiger charge is -2.37. The summed E-state index contributed by atoms with van der Waals surface area (Å²) in [6, 6.07) is 6.30. The fraction of sp³-hybridized carbons (Fsp3) is 0.448. The number of rotatable bonds is 7. The van der Waals surface area contributed by atoms with Crippen LogP contribution in [0.5, 0.6) is 0 Å². The third-order valence-corrected chi connectivity index (χ3v) is 12.6. The molecule has 1 fully saturated rings. The quantitative estimate of drug-likeness (QED) is 0.318. The van der Waals surface area contributed by atoms with Gasteiger partial charge in [0.25, 0.3) is 5.91 Å². The first-order valence-electron chi connectivity index (χ1n) is 13.2. The summed E-state index contributed by atoms with van der Waals surface area (Å²) in [6.07, 6.45) is 2.47. The van der Waals surface area contributed by atoms with E-state index in [9.17, 15) is 18.0 Å². The van der Waals surface area contributed by atoms with Crippen LogP contribution in [-0.4, -0.2) is 48.9 Å². The van der Waals surface area contributed by atoms with Crippen molar-refractivity contribution < 1.29 is 22.4 Å². The van der Waals surface area contributed by atoms with Crippen molar-refractivity contribution in [3.8, 4) is 0 Å². The number of pyridine rings is 1. The third-order valence-electron chi connectivity index (χ3n) is 8.08. The number of benzene rings is 1. The molecule has 3 heterocycles. The highest BCUT2D eigenvalue weighted by Gasteiger charge is 2.41. The van der Waals surface area contributed by atoms with E-state index in [0.717, 1.165) is 35.6 Å². The van der Waals surface area contributed by atoms with Crippen LogP contribution in [0.2, 0.25) is 18.1 Å². The Morgan fingerprint density at radius 2 is 1.75 bits per heavy atom. The average Bonchev–Trinajstić information content (AvgIpc) is 3.31. The lowest BCUT2D eigenvalue weighted by molar-refractivity contribution is -0.137. The number of hydrogen-bond acceptors (Lipinski definition) is 6. The van der Waals surface area contributed by atoms with Gasteiger partial charge in [0.2, 0.25) is 0 Å². The highest BCUT2D eigenvalue weighted by Crippen LogP contribution is 2.41. The van der Waals surface area contributed by atoms with Gasteiger partial charge in [0, 0.05) is 43.3 Å². The molecule has 40 heavy (non-hydrogen) atoms. The van der Waals surface area contributed by atoms with Crippen LogP contribution in [0, 0.1) is 12.8 Å². The van der Waals surface area contributed by atoms with Crippen LogP contribution < -0.4 is 10.2 Å². The molecule has 11 heteroatoms. The van der Waals surface area contributed by atoms with Crippen LogP contribution in [0.25, 0.3) is 0 Å². The molecule has 0 saturated carbocycles. The maximum absolute atomic E-state index is 13.1. The minimum Gasteiger partial charge on any atom is -0.416 e. The van der Waals surface area contributed by atoms with Crippen molar-refractivity contribution in [3.63, 3.8) is 0 Å². The van der Waals surface area contributed by atoms with Gasteiger partial charge in [0.1, 0.15) is 6.33 Å². The molecular weight excluding hydrogens is 535 g/mol. The summed E-state index contributed by atoms with van der Waals surface area (Å²) in [4.78, 5) is 27.4. The maximum Gasteiger partial charge on any atom is 0.417 e. The Labute approximate surface area is 234 Å². The summed E-state index contributed by atoms with van der Waals surface area (Å²) in [5.74, 6) is -0.283. The van der Waals surface area contributed by atoms with Gasteiger partial charge < -0.3 is 14.6 Å². The van der Waals surface area contributed by atoms with Gasteiger partial charge >= 0.3 is 6.18 Å². The van der Waals surface area contributed by atoms with E-state index in [1.807, 2.05) is 19.1 Å². The number of nitrogens with zero attached hydrogens (tertiary/aromatic N) is 4. The Kier molecular flexibility index (Phi) is 8.37. The zero-order chi connectivity index (χ0) is 29.3. The minimum atomic E-state index is -4.55. The van der Waals surface area contributed by atoms with E-state index in [1.165, 1.54) is 12.5 Å². The second-order valence-corrected chi connectivity index (χ2v) is 16.7. The molecule has 1 aliphatic heterocycles. The number of aryl methyl sites for hydroxylation is 1. The van der Waals surface area contributed by atoms with E-state index in [0.29, 0.717) is 18.7 Å². The number of aromatic nitrogens is 3. The van der Waals surface area contributed by atoms with Gasteiger partial charge in [0.15, 0.2) is 8.32 Å². The minimum absolute atomic E-state index is 0.0151. The second-order valence-electron chi connectivity index (χ2n) is 11.9. The van der Waals surface area contributed by atoms with E-state index < -0.39 is 26.0 Å². The van der Waals surface area contributed by atoms with Gasteiger partial charge in [-0.3, -0.25) is 9.78 Å². The first-order valence-corrected chi connectivity index (χ1v) is 16.1. The predicted molar refractivity (Wildman–Crippen MR) is 152 cm³/mol. The Hall–Kier alpha value is -3.31. The fourth-order valence-corrected chi connectivity index (χ4v) is 5.70. The maximum atomic E-state index is 13.1. The first-order chi connectivity index (χ1) is 18.7. The van der Waals surface area contributed by atoms with Gasteiger partial charge in [-0.15, -0.1) is 0 Å². The molecule has 7 nitrogen and oxygen atoms in total. The predicted octanol–water partition coefficient (Wildman–Crippen LogP) is 6.69. The Balaban J connectivity index is 1.61. The van der Waals surface area contributed by atoms with Crippen molar-refractivity contribution in [2.24, 2.45) is 5.92 Å². The van der Waals surface area contributed by atoms with E-state index in [2.05, 4.69) is 59.0 Å². The molecule has 2 aromatic heterocycles. The monoisotopic (exact) mass is 571 g/mol. The summed E-state index contributed by atoms with van der Waals surface area (Å²) in [6.45, 7) is 15.1. The Bertz CT molecular complexity index is 1350. The zero-order valence-electron chi connectivity index (χ0n) is 23.7. The number of hydrogen-bond donors (Lipinski definition) is 1. The molecule has 1 N–H and O–H groups in total. The fourth-order valence-electron chi connectivity index (χ4n) is 4.64. The number of carbonyl (C=O) groups excluding carboxylic acids is 1. The van der Waals surface area contributed by atoms with Crippen LogP contribution in [0.3, 0.4) is 0 Å².